The first-order valence-corrected chi connectivity index (χ1v) is 13.7. The van der Waals surface area contributed by atoms with Gasteiger partial charge in [-0.15, -0.1) is 0 Å². The summed E-state index contributed by atoms with van der Waals surface area (Å²) in [6.45, 7) is 2.55. The van der Waals surface area contributed by atoms with Crippen LogP contribution in [0.4, 0.5) is 13.2 Å². The second kappa shape index (κ2) is 13.3. The minimum atomic E-state index is -5.21. The number of likely N-dealkylation sites (tertiary alicyclic amines) is 1. The molecule has 222 valence electrons. The number of benzene rings is 2. The molecule has 3 N–H and O–H groups in total. The molecule has 0 bridgehead atoms. The van der Waals surface area contributed by atoms with Crippen molar-refractivity contribution in [3.05, 3.63) is 65.4 Å². The Bertz CT molecular complexity index is 1480. The Kier molecular flexibility index (Phi) is 9.78. The van der Waals surface area contributed by atoms with Gasteiger partial charge < -0.3 is 15.5 Å². The number of fused-ring (bicyclic) bond motifs is 1. The van der Waals surface area contributed by atoms with E-state index in [-0.39, 0.29) is 17.9 Å². The highest BCUT2D eigenvalue weighted by Crippen LogP contribution is 2.34. The van der Waals surface area contributed by atoms with Crippen LogP contribution >= 0.6 is 0 Å². The monoisotopic (exact) mass is 583 g/mol. The number of carbonyl (C=O) groups excluding carboxylic acids is 2. The van der Waals surface area contributed by atoms with Crippen LogP contribution in [0.5, 0.6) is 0 Å². The van der Waals surface area contributed by atoms with Crippen molar-refractivity contribution in [2.45, 2.75) is 37.8 Å². The molecule has 0 unspecified atom stereocenters. The first kappa shape index (κ1) is 30.9. The first-order valence-electron chi connectivity index (χ1n) is 13.7. The number of nitrogens with one attached hydrogen (secondary N) is 1. The van der Waals surface area contributed by atoms with Gasteiger partial charge in [0.1, 0.15) is 0 Å². The number of piperidine rings is 2. The number of hydrogen-bond acceptors (Lipinski definition) is 7. The average molecular weight is 584 g/mol. The molecule has 12 heteroatoms. The molecule has 2 saturated heterocycles. The van der Waals surface area contributed by atoms with E-state index in [2.05, 4.69) is 46.5 Å². The molecule has 5 rings (SSSR count). The Morgan fingerprint density at radius 1 is 1.07 bits per heavy atom. The zero-order chi connectivity index (χ0) is 29.0. The van der Waals surface area contributed by atoms with E-state index >= 15 is 0 Å². The minimum absolute atomic E-state index is 0. The fraction of sp³-hybridized carbons (Fsp3) is 0.400. The summed E-state index contributed by atoms with van der Waals surface area (Å²) in [5.74, 6) is -3.11. The highest BCUT2D eigenvalue weighted by atomic mass is 19.4. The molecular formula is C30H32F3N5O4. The predicted octanol–water partition coefficient (Wildman–Crippen LogP) is 3.90. The van der Waals surface area contributed by atoms with Gasteiger partial charge in [-0.1, -0.05) is 24.3 Å². The maximum atomic E-state index is 12.4. The Balaban J connectivity index is 0.00000405. The van der Waals surface area contributed by atoms with Gasteiger partial charge in [0.05, 0.1) is 35.1 Å². The van der Waals surface area contributed by atoms with Crippen LogP contribution in [-0.2, 0) is 14.3 Å². The summed E-state index contributed by atoms with van der Waals surface area (Å²) in [6.07, 6.45) is 2.72. The third-order valence-corrected chi connectivity index (χ3v) is 7.68. The van der Waals surface area contributed by atoms with E-state index in [1.54, 1.807) is 17.0 Å². The number of allylic oxidation sites excluding steroid dienone is 1. The van der Waals surface area contributed by atoms with Gasteiger partial charge in [-0.3, -0.25) is 9.69 Å². The third-order valence-electron chi connectivity index (χ3n) is 7.68. The molecule has 0 radical (unpaired) electrons. The maximum Gasteiger partial charge on any atom is 0.491 e. The first-order chi connectivity index (χ1) is 19.7. The zero-order valence-corrected chi connectivity index (χ0v) is 22.9. The van der Waals surface area contributed by atoms with E-state index in [9.17, 15) is 28.0 Å². The number of ether oxygens (including phenoxy) is 1. The van der Waals surface area contributed by atoms with Gasteiger partial charge in [-0.2, -0.15) is 23.5 Å². The summed E-state index contributed by atoms with van der Waals surface area (Å²) in [5.41, 5.74) is 4.30. The lowest BCUT2D eigenvalue weighted by atomic mass is 9.91. The van der Waals surface area contributed by atoms with Crippen molar-refractivity contribution in [1.82, 2.24) is 20.0 Å². The quantitative estimate of drug-likeness (QED) is 0.344. The van der Waals surface area contributed by atoms with Crippen LogP contribution in [0.2, 0.25) is 0 Å². The highest BCUT2D eigenvalue weighted by molar-refractivity contribution is 5.89. The third kappa shape index (κ3) is 7.23. The maximum absolute atomic E-state index is 12.4. The summed E-state index contributed by atoms with van der Waals surface area (Å²) in [6, 6.07) is 15.6. The molecule has 1 aromatic heterocycles. The van der Waals surface area contributed by atoms with Crippen LogP contribution in [-0.4, -0.2) is 71.0 Å². The van der Waals surface area contributed by atoms with Gasteiger partial charge >= 0.3 is 18.1 Å². The number of rotatable bonds is 6. The minimum Gasteiger partial charge on any atom is -0.412 e. The van der Waals surface area contributed by atoms with Crippen LogP contribution in [0, 0.1) is 17.2 Å². The summed E-state index contributed by atoms with van der Waals surface area (Å²) in [5, 5.41) is 18.6. The van der Waals surface area contributed by atoms with Crippen molar-refractivity contribution in [1.29, 1.82) is 5.26 Å². The standard InChI is InChI=1S/C30H30F3N5O3.H2O/c31-30(32,33)29(40)41-27(39)19-37-15-11-23(12-16-37)28-25-8-5-21(2-1-20-9-13-35-14-10-20)17-26(25)38(36-28)24-6-3-22(18-34)4-7-24;/h1-8,17,20,23,35H,9-16,19H2;1H2. The normalized spacial score (nSPS) is 17.2. The second-order valence-corrected chi connectivity index (χ2v) is 10.5. The van der Waals surface area contributed by atoms with E-state index in [1.165, 1.54) is 0 Å². The Morgan fingerprint density at radius 3 is 2.40 bits per heavy atom. The largest absolute Gasteiger partial charge is 0.491 e. The molecule has 3 aromatic rings. The number of carbonyl (C=O) groups is 2. The van der Waals surface area contributed by atoms with Crippen LogP contribution < -0.4 is 5.32 Å². The Morgan fingerprint density at radius 2 is 1.76 bits per heavy atom. The van der Waals surface area contributed by atoms with Crippen LogP contribution in [0.25, 0.3) is 22.7 Å². The Hall–Kier alpha value is -4.05. The molecule has 3 heterocycles. The number of esters is 2. The van der Waals surface area contributed by atoms with Crippen molar-refractivity contribution in [3.63, 3.8) is 0 Å². The predicted molar refractivity (Wildman–Crippen MR) is 150 cm³/mol. The SMILES string of the molecule is N#Cc1ccc(-n2nc(C3CCN(CC(=O)OC(=O)C(F)(F)F)CC3)c3ccc(C=CC4CCNCC4)cc32)cc1.O. The number of alkyl halides is 3. The lowest BCUT2D eigenvalue weighted by molar-refractivity contribution is -0.202. The van der Waals surface area contributed by atoms with Gasteiger partial charge in [0.25, 0.3) is 0 Å². The molecule has 0 saturated carbocycles. The summed E-state index contributed by atoms with van der Waals surface area (Å²) in [4.78, 5) is 24.5. The van der Waals surface area contributed by atoms with Crippen molar-refractivity contribution < 1.29 is 33.0 Å². The number of halogens is 3. The molecule has 0 amide bonds. The number of nitriles is 1. The molecule has 0 atom stereocenters. The van der Waals surface area contributed by atoms with Gasteiger partial charge in [0, 0.05) is 11.3 Å². The Labute approximate surface area is 240 Å². The van der Waals surface area contributed by atoms with Gasteiger partial charge in [-0.05, 0) is 93.7 Å². The van der Waals surface area contributed by atoms with E-state index in [0.29, 0.717) is 37.4 Å². The van der Waals surface area contributed by atoms with E-state index in [1.807, 2.05) is 16.8 Å². The number of aromatic nitrogens is 2. The van der Waals surface area contributed by atoms with E-state index in [4.69, 9.17) is 5.10 Å². The molecule has 2 aliphatic rings. The van der Waals surface area contributed by atoms with Gasteiger partial charge in [0.2, 0.25) is 0 Å². The fourth-order valence-electron chi connectivity index (χ4n) is 5.46. The highest BCUT2D eigenvalue weighted by Gasteiger charge is 2.42. The lowest BCUT2D eigenvalue weighted by Crippen LogP contribution is -2.39. The van der Waals surface area contributed by atoms with Crippen molar-refractivity contribution >= 4 is 28.9 Å². The molecule has 0 aliphatic carbocycles. The number of nitrogens with zero attached hydrogens (tertiary/aromatic N) is 4. The number of hydrogen-bond donors (Lipinski definition) is 1. The fourth-order valence-corrected chi connectivity index (χ4v) is 5.46. The topological polar surface area (TPSA) is 132 Å². The zero-order valence-electron chi connectivity index (χ0n) is 22.9. The summed E-state index contributed by atoms with van der Waals surface area (Å²) >= 11 is 0. The second-order valence-electron chi connectivity index (χ2n) is 10.5. The molecule has 2 fully saturated rings. The van der Waals surface area contributed by atoms with E-state index < -0.39 is 18.1 Å². The molecule has 0 spiro atoms. The van der Waals surface area contributed by atoms with Crippen LogP contribution in [0.3, 0.4) is 0 Å². The van der Waals surface area contributed by atoms with Crippen molar-refractivity contribution in [2.75, 3.05) is 32.7 Å². The molecular weight excluding hydrogens is 551 g/mol. The average Bonchev–Trinajstić information content (AvgIpc) is 3.35. The van der Waals surface area contributed by atoms with Crippen LogP contribution in [0.1, 0.15) is 48.4 Å². The molecule has 2 aliphatic heterocycles. The lowest BCUT2D eigenvalue weighted by Gasteiger charge is -2.30. The smallest absolute Gasteiger partial charge is 0.412 e. The summed E-state index contributed by atoms with van der Waals surface area (Å²) < 4.78 is 43.0. The summed E-state index contributed by atoms with van der Waals surface area (Å²) in [7, 11) is 0. The molecule has 2 aromatic carbocycles. The van der Waals surface area contributed by atoms with Crippen LogP contribution in [0.15, 0.2) is 48.5 Å². The van der Waals surface area contributed by atoms with Gasteiger partial charge in [0.15, 0.2) is 0 Å². The van der Waals surface area contributed by atoms with Gasteiger partial charge in [-0.25, -0.2) is 9.48 Å². The van der Waals surface area contributed by atoms with E-state index in [0.717, 1.165) is 53.8 Å². The molecule has 42 heavy (non-hydrogen) atoms. The van der Waals surface area contributed by atoms with Crippen molar-refractivity contribution in [2.24, 2.45) is 5.92 Å². The molecule has 9 nitrogen and oxygen atoms in total. The van der Waals surface area contributed by atoms with Crippen molar-refractivity contribution in [3.8, 4) is 11.8 Å².